The summed E-state index contributed by atoms with van der Waals surface area (Å²) in [5, 5.41) is 0. The van der Waals surface area contributed by atoms with Gasteiger partial charge < -0.3 is 10.6 Å². The summed E-state index contributed by atoms with van der Waals surface area (Å²) in [5.74, 6) is 0. The Morgan fingerprint density at radius 1 is 1.47 bits per heavy atom. The lowest BCUT2D eigenvalue weighted by Gasteiger charge is -2.24. The molecule has 0 bridgehead atoms. The van der Waals surface area contributed by atoms with Gasteiger partial charge in [0.1, 0.15) is 4.99 Å². The van der Waals surface area contributed by atoms with Crippen LogP contribution in [-0.4, -0.2) is 18.1 Å². The molecule has 0 radical (unpaired) electrons. The van der Waals surface area contributed by atoms with Crippen LogP contribution in [0.3, 0.4) is 0 Å². The molecular formula is C11H15BrN2S. The predicted molar refractivity (Wildman–Crippen MR) is 73.6 cm³/mol. The molecule has 4 heteroatoms. The van der Waals surface area contributed by atoms with Crippen molar-refractivity contribution in [2.24, 2.45) is 5.73 Å². The Morgan fingerprint density at radius 3 is 2.47 bits per heavy atom. The molecule has 15 heavy (non-hydrogen) atoms. The van der Waals surface area contributed by atoms with Crippen molar-refractivity contribution < 1.29 is 0 Å². The molecule has 0 atom stereocenters. The molecular weight excluding hydrogens is 272 g/mol. The van der Waals surface area contributed by atoms with Crippen LogP contribution < -0.4 is 10.6 Å². The quantitative estimate of drug-likeness (QED) is 0.867. The van der Waals surface area contributed by atoms with Gasteiger partial charge in [0, 0.05) is 28.8 Å². The van der Waals surface area contributed by atoms with E-state index >= 15 is 0 Å². The lowest BCUT2D eigenvalue weighted by atomic mass is 10.2. The van der Waals surface area contributed by atoms with Crippen LogP contribution in [0.2, 0.25) is 0 Å². The van der Waals surface area contributed by atoms with Crippen molar-refractivity contribution in [1.82, 2.24) is 0 Å². The molecule has 1 aromatic carbocycles. The molecule has 1 rings (SSSR count). The summed E-state index contributed by atoms with van der Waals surface area (Å²) in [4.78, 5) is 2.61. The number of nitrogens with two attached hydrogens (primary N) is 1. The van der Waals surface area contributed by atoms with Gasteiger partial charge in [-0.25, -0.2) is 0 Å². The molecule has 0 unspecified atom stereocenters. The van der Waals surface area contributed by atoms with E-state index in [1.807, 2.05) is 18.2 Å². The van der Waals surface area contributed by atoms with Crippen LogP contribution in [-0.2, 0) is 0 Å². The zero-order valence-corrected chi connectivity index (χ0v) is 11.5. The van der Waals surface area contributed by atoms with E-state index in [1.165, 1.54) is 0 Å². The van der Waals surface area contributed by atoms with Crippen molar-refractivity contribution in [2.75, 3.05) is 11.9 Å². The normalized spacial score (nSPS) is 10.5. The lowest BCUT2D eigenvalue weighted by Crippen LogP contribution is -2.25. The Bertz CT molecular complexity index is 377. The molecule has 0 amide bonds. The average molecular weight is 287 g/mol. The molecule has 0 saturated heterocycles. The highest BCUT2D eigenvalue weighted by molar-refractivity contribution is 9.10. The minimum atomic E-state index is 0.417. The van der Waals surface area contributed by atoms with Gasteiger partial charge in [0.2, 0.25) is 0 Å². The first-order valence-electron chi connectivity index (χ1n) is 4.75. The van der Waals surface area contributed by atoms with Crippen molar-refractivity contribution >= 4 is 38.8 Å². The standard InChI is InChI=1S/C11H15BrN2S/c1-7(2)14(3)8-4-5-9(11(13)15)10(12)6-8/h4-7H,1-3H3,(H2,13,15). The Morgan fingerprint density at radius 2 is 2.07 bits per heavy atom. The summed E-state index contributed by atoms with van der Waals surface area (Å²) in [6, 6.07) is 6.47. The predicted octanol–water partition coefficient (Wildman–Crippen LogP) is 2.93. The fourth-order valence-corrected chi connectivity index (χ4v) is 2.11. The van der Waals surface area contributed by atoms with Crippen molar-refractivity contribution in [2.45, 2.75) is 19.9 Å². The van der Waals surface area contributed by atoms with E-state index in [9.17, 15) is 0 Å². The van der Waals surface area contributed by atoms with Gasteiger partial charge in [-0.3, -0.25) is 0 Å². The minimum Gasteiger partial charge on any atom is -0.389 e. The fourth-order valence-electron chi connectivity index (χ4n) is 1.22. The first kappa shape index (κ1) is 12.5. The maximum atomic E-state index is 5.59. The molecule has 0 aliphatic heterocycles. The monoisotopic (exact) mass is 286 g/mol. The highest BCUT2D eigenvalue weighted by Gasteiger charge is 2.08. The first-order chi connectivity index (χ1) is 6.93. The lowest BCUT2D eigenvalue weighted by molar-refractivity contribution is 0.754. The number of hydrogen-bond acceptors (Lipinski definition) is 2. The van der Waals surface area contributed by atoms with Crippen LogP contribution in [0.4, 0.5) is 5.69 Å². The Labute approximate surface area is 105 Å². The summed E-state index contributed by atoms with van der Waals surface area (Å²) >= 11 is 8.42. The van der Waals surface area contributed by atoms with Gasteiger partial charge in [-0.2, -0.15) is 0 Å². The van der Waals surface area contributed by atoms with Crippen LogP contribution >= 0.6 is 28.1 Å². The maximum absolute atomic E-state index is 5.59. The van der Waals surface area contributed by atoms with Gasteiger partial charge in [-0.05, 0) is 48.0 Å². The summed E-state index contributed by atoms with van der Waals surface area (Å²) in [6.45, 7) is 4.30. The first-order valence-corrected chi connectivity index (χ1v) is 5.95. The van der Waals surface area contributed by atoms with E-state index in [0.717, 1.165) is 15.7 Å². The molecule has 0 aliphatic carbocycles. The fraction of sp³-hybridized carbons (Fsp3) is 0.364. The van der Waals surface area contributed by atoms with E-state index in [4.69, 9.17) is 18.0 Å². The van der Waals surface area contributed by atoms with Gasteiger partial charge >= 0.3 is 0 Å². The van der Waals surface area contributed by atoms with Crippen LogP contribution in [0.5, 0.6) is 0 Å². The molecule has 2 N–H and O–H groups in total. The topological polar surface area (TPSA) is 29.3 Å². The molecule has 0 saturated carbocycles. The third kappa shape index (κ3) is 2.92. The molecule has 0 fully saturated rings. The number of benzene rings is 1. The average Bonchev–Trinajstić information content (AvgIpc) is 2.15. The van der Waals surface area contributed by atoms with Crippen LogP contribution in [0.15, 0.2) is 22.7 Å². The number of thiocarbonyl (C=S) groups is 1. The highest BCUT2D eigenvalue weighted by atomic mass is 79.9. The van der Waals surface area contributed by atoms with Crippen molar-refractivity contribution in [3.8, 4) is 0 Å². The molecule has 1 aromatic rings. The summed E-state index contributed by atoms with van der Waals surface area (Å²) in [5.41, 5.74) is 7.62. The second-order valence-corrected chi connectivity index (χ2v) is 5.03. The van der Waals surface area contributed by atoms with Crippen molar-refractivity contribution in [1.29, 1.82) is 0 Å². The second-order valence-electron chi connectivity index (χ2n) is 3.73. The van der Waals surface area contributed by atoms with Gasteiger partial charge in [-0.1, -0.05) is 12.2 Å². The molecule has 0 aliphatic rings. The van der Waals surface area contributed by atoms with Crippen LogP contribution in [0.1, 0.15) is 19.4 Å². The van der Waals surface area contributed by atoms with Gasteiger partial charge in [0.25, 0.3) is 0 Å². The maximum Gasteiger partial charge on any atom is 0.105 e. The van der Waals surface area contributed by atoms with E-state index < -0.39 is 0 Å². The Balaban J connectivity index is 3.06. The molecule has 0 spiro atoms. The number of rotatable bonds is 3. The Kier molecular flexibility index (Phi) is 4.11. The zero-order valence-electron chi connectivity index (χ0n) is 9.12. The van der Waals surface area contributed by atoms with Crippen molar-refractivity contribution in [3.63, 3.8) is 0 Å². The third-order valence-corrected chi connectivity index (χ3v) is 3.28. The smallest absolute Gasteiger partial charge is 0.105 e. The van der Waals surface area contributed by atoms with E-state index in [-0.39, 0.29) is 0 Å². The minimum absolute atomic E-state index is 0.417. The van der Waals surface area contributed by atoms with Crippen LogP contribution in [0.25, 0.3) is 0 Å². The summed E-state index contributed by atoms with van der Waals surface area (Å²) in [6.07, 6.45) is 0. The summed E-state index contributed by atoms with van der Waals surface area (Å²) in [7, 11) is 2.06. The van der Waals surface area contributed by atoms with E-state index in [0.29, 0.717) is 11.0 Å². The number of anilines is 1. The number of halogens is 1. The zero-order chi connectivity index (χ0) is 11.6. The number of nitrogens with zero attached hydrogens (tertiary/aromatic N) is 1. The largest absolute Gasteiger partial charge is 0.389 e. The molecule has 2 nitrogen and oxygen atoms in total. The molecule has 0 heterocycles. The van der Waals surface area contributed by atoms with Gasteiger partial charge in [-0.15, -0.1) is 0 Å². The third-order valence-electron chi connectivity index (χ3n) is 2.40. The molecule has 0 aromatic heterocycles. The highest BCUT2D eigenvalue weighted by Crippen LogP contribution is 2.24. The van der Waals surface area contributed by atoms with E-state index in [1.54, 1.807) is 0 Å². The van der Waals surface area contributed by atoms with Gasteiger partial charge in [0.15, 0.2) is 0 Å². The number of hydrogen-bond donors (Lipinski definition) is 1. The summed E-state index contributed by atoms with van der Waals surface area (Å²) < 4.78 is 0.944. The van der Waals surface area contributed by atoms with E-state index in [2.05, 4.69) is 41.7 Å². The van der Waals surface area contributed by atoms with Crippen molar-refractivity contribution in [3.05, 3.63) is 28.2 Å². The SMILES string of the molecule is CC(C)N(C)c1ccc(C(N)=S)c(Br)c1. The molecule has 82 valence electrons. The second kappa shape index (κ2) is 4.94. The van der Waals surface area contributed by atoms with Crippen LogP contribution in [0, 0.1) is 0 Å². The Hall–Kier alpha value is -0.610. The van der Waals surface area contributed by atoms with Gasteiger partial charge in [0.05, 0.1) is 0 Å².